The van der Waals surface area contributed by atoms with Gasteiger partial charge in [-0.05, 0) is 24.6 Å². The molecule has 0 aliphatic rings. The maximum absolute atomic E-state index is 11.4. The van der Waals surface area contributed by atoms with Crippen molar-refractivity contribution in [2.75, 3.05) is 26.0 Å². The molecule has 0 fully saturated rings. The lowest BCUT2D eigenvalue weighted by atomic mass is 10.2. The van der Waals surface area contributed by atoms with Crippen molar-refractivity contribution in [2.24, 2.45) is 0 Å². The van der Waals surface area contributed by atoms with E-state index in [0.717, 1.165) is 16.6 Å². The highest BCUT2D eigenvalue weighted by atomic mass is 79.9. The summed E-state index contributed by atoms with van der Waals surface area (Å²) in [5, 5.41) is 12.2. The number of amides is 1. The van der Waals surface area contributed by atoms with Crippen LogP contribution in [0.2, 0.25) is 0 Å². The van der Waals surface area contributed by atoms with Gasteiger partial charge in [-0.15, -0.1) is 0 Å². The number of hydrogen-bond donors (Lipinski definition) is 1. The molecule has 0 bridgehead atoms. The Hall–Kier alpha value is -1.54. The molecule has 0 aromatic heterocycles. The molecule has 1 amide bonds. The smallest absolute Gasteiger partial charge is 0.222 e. The molecule has 1 aromatic carbocycles. The van der Waals surface area contributed by atoms with Crippen molar-refractivity contribution in [3.05, 3.63) is 28.2 Å². The number of nitriles is 1. The average molecular weight is 310 g/mol. The maximum Gasteiger partial charge on any atom is 0.222 e. The Labute approximate surface area is 116 Å². The van der Waals surface area contributed by atoms with Gasteiger partial charge in [0.05, 0.1) is 11.3 Å². The molecule has 4 nitrogen and oxygen atoms in total. The summed E-state index contributed by atoms with van der Waals surface area (Å²) in [5.74, 6) is 0.119. The standard InChI is InChI=1S/C13H16BrN3O/c1-17(2)13(18)4-3-7-16-12-6-5-11(14)8-10(12)9-15/h5-6,8,16H,3-4,7H2,1-2H3. The molecule has 0 atom stereocenters. The van der Waals surface area contributed by atoms with Crippen molar-refractivity contribution in [2.45, 2.75) is 12.8 Å². The fourth-order valence-corrected chi connectivity index (χ4v) is 1.81. The lowest BCUT2D eigenvalue weighted by Crippen LogP contribution is -2.22. The number of hydrogen-bond acceptors (Lipinski definition) is 3. The Morgan fingerprint density at radius 2 is 2.22 bits per heavy atom. The number of carbonyl (C=O) groups excluding carboxylic acids is 1. The number of anilines is 1. The molecule has 1 aromatic rings. The summed E-state index contributed by atoms with van der Waals surface area (Å²) in [4.78, 5) is 12.9. The van der Waals surface area contributed by atoms with Crippen LogP contribution in [0.3, 0.4) is 0 Å². The Morgan fingerprint density at radius 3 is 2.83 bits per heavy atom. The third kappa shape index (κ3) is 4.38. The van der Waals surface area contributed by atoms with Crippen molar-refractivity contribution in [1.29, 1.82) is 5.26 Å². The van der Waals surface area contributed by atoms with Gasteiger partial charge in [-0.25, -0.2) is 0 Å². The summed E-state index contributed by atoms with van der Waals surface area (Å²) in [7, 11) is 3.50. The molecular formula is C13H16BrN3O. The van der Waals surface area contributed by atoms with Gasteiger partial charge in [0.15, 0.2) is 0 Å². The van der Waals surface area contributed by atoms with E-state index in [1.165, 1.54) is 0 Å². The number of halogens is 1. The minimum Gasteiger partial charge on any atom is -0.384 e. The highest BCUT2D eigenvalue weighted by molar-refractivity contribution is 9.10. The number of nitrogens with one attached hydrogen (secondary N) is 1. The highest BCUT2D eigenvalue weighted by Gasteiger charge is 2.04. The first-order chi connectivity index (χ1) is 8.54. The molecule has 1 N–H and O–H groups in total. The minimum absolute atomic E-state index is 0.119. The van der Waals surface area contributed by atoms with Crippen molar-refractivity contribution >= 4 is 27.5 Å². The second-order valence-corrected chi connectivity index (χ2v) is 5.04. The Kier molecular flexibility index (Phi) is 5.66. The number of benzene rings is 1. The molecule has 0 radical (unpaired) electrons. The summed E-state index contributed by atoms with van der Waals surface area (Å²) in [6.45, 7) is 0.676. The van der Waals surface area contributed by atoms with Gasteiger partial charge >= 0.3 is 0 Å². The molecular weight excluding hydrogens is 294 g/mol. The van der Waals surface area contributed by atoms with Gasteiger partial charge in [-0.2, -0.15) is 5.26 Å². The fraction of sp³-hybridized carbons (Fsp3) is 0.385. The zero-order valence-corrected chi connectivity index (χ0v) is 12.1. The molecule has 18 heavy (non-hydrogen) atoms. The first kappa shape index (κ1) is 14.5. The van der Waals surface area contributed by atoms with E-state index in [2.05, 4.69) is 27.3 Å². The molecule has 96 valence electrons. The van der Waals surface area contributed by atoms with Crippen LogP contribution >= 0.6 is 15.9 Å². The van der Waals surface area contributed by atoms with Crippen LogP contribution in [0.4, 0.5) is 5.69 Å². The fourth-order valence-electron chi connectivity index (χ4n) is 1.45. The van der Waals surface area contributed by atoms with Crippen LogP contribution in [0.5, 0.6) is 0 Å². The summed E-state index contributed by atoms with van der Waals surface area (Å²) in [6, 6.07) is 7.65. The van der Waals surface area contributed by atoms with Crippen LogP contribution in [0.25, 0.3) is 0 Å². The van der Waals surface area contributed by atoms with Crippen LogP contribution < -0.4 is 5.32 Å². The van der Waals surface area contributed by atoms with Gasteiger partial charge < -0.3 is 10.2 Å². The zero-order valence-electron chi connectivity index (χ0n) is 10.5. The Balaban J connectivity index is 2.45. The van der Waals surface area contributed by atoms with Gasteiger partial charge in [0.2, 0.25) is 5.91 Å². The van der Waals surface area contributed by atoms with Crippen LogP contribution in [-0.2, 0) is 4.79 Å². The maximum atomic E-state index is 11.4. The van der Waals surface area contributed by atoms with E-state index in [4.69, 9.17) is 5.26 Å². The van der Waals surface area contributed by atoms with E-state index < -0.39 is 0 Å². The van der Waals surface area contributed by atoms with Gasteiger partial charge in [-0.1, -0.05) is 15.9 Å². The van der Waals surface area contributed by atoms with Crippen molar-refractivity contribution in [3.8, 4) is 6.07 Å². The van der Waals surface area contributed by atoms with Gasteiger partial charge in [0.1, 0.15) is 6.07 Å². The minimum atomic E-state index is 0.119. The van der Waals surface area contributed by atoms with Gasteiger partial charge in [0.25, 0.3) is 0 Å². The molecule has 0 unspecified atom stereocenters. The lowest BCUT2D eigenvalue weighted by Gasteiger charge is -2.11. The Bertz CT molecular complexity index is 466. The van der Waals surface area contributed by atoms with Crippen LogP contribution in [0, 0.1) is 11.3 Å². The molecule has 0 aliphatic heterocycles. The molecule has 1 rings (SSSR count). The van der Waals surface area contributed by atoms with Gasteiger partial charge in [-0.3, -0.25) is 4.79 Å². The largest absolute Gasteiger partial charge is 0.384 e. The Morgan fingerprint density at radius 1 is 1.50 bits per heavy atom. The first-order valence-electron chi connectivity index (χ1n) is 5.68. The number of carbonyl (C=O) groups is 1. The van der Waals surface area contributed by atoms with Crippen LogP contribution in [-0.4, -0.2) is 31.4 Å². The predicted molar refractivity (Wildman–Crippen MR) is 75.3 cm³/mol. The van der Waals surface area contributed by atoms with E-state index in [-0.39, 0.29) is 5.91 Å². The summed E-state index contributed by atoms with van der Waals surface area (Å²) < 4.78 is 0.882. The summed E-state index contributed by atoms with van der Waals surface area (Å²) >= 11 is 3.32. The monoisotopic (exact) mass is 309 g/mol. The summed E-state index contributed by atoms with van der Waals surface area (Å²) in [6.07, 6.45) is 1.26. The molecule has 0 saturated carbocycles. The molecule has 0 heterocycles. The predicted octanol–water partition coefficient (Wildman–Crippen LogP) is 2.60. The van der Waals surface area contributed by atoms with E-state index in [1.54, 1.807) is 25.1 Å². The highest BCUT2D eigenvalue weighted by Crippen LogP contribution is 2.20. The molecule has 0 spiro atoms. The first-order valence-corrected chi connectivity index (χ1v) is 6.47. The van der Waals surface area contributed by atoms with Crippen LogP contribution in [0.15, 0.2) is 22.7 Å². The quantitative estimate of drug-likeness (QED) is 0.851. The van der Waals surface area contributed by atoms with Gasteiger partial charge in [0, 0.05) is 31.5 Å². The SMILES string of the molecule is CN(C)C(=O)CCCNc1ccc(Br)cc1C#N. The average Bonchev–Trinajstić information content (AvgIpc) is 2.35. The topological polar surface area (TPSA) is 56.1 Å². The molecule has 5 heteroatoms. The summed E-state index contributed by atoms with van der Waals surface area (Å²) in [5.41, 5.74) is 1.40. The van der Waals surface area contributed by atoms with Crippen LogP contribution in [0.1, 0.15) is 18.4 Å². The van der Waals surface area contributed by atoms with E-state index in [0.29, 0.717) is 18.5 Å². The van der Waals surface area contributed by atoms with E-state index in [1.807, 2.05) is 12.1 Å². The van der Waals surface area contributed by atoms with Crippen molar-refractivity contribution in [1.82, 2.24) is 4.90 Å². The van der Waals surface area contributed by atoms with E-state index >= 15 is 0 Å². The molecule has 0 saturated heterocycles. The lowest BCUT2D eigenvalue weighted by molar-refractivity contribution is -0.128. The normalized spacial score (nSPS) is 9.67. The second-order valence-electron chi connectivity index (χ2n) is 4.12. The van der Waals surface area contributed by atoms with Crippen molar-refractivity contribution in [3.63, 3.8) is 0 Å². The van der Waals surface area contributed by atoms with E-state index in [9.17, 15) is 4.79 Å². The number of rotatable bonds is 5. The number of nitrogens with zero attached hydrogens (tertiary/aromatic N) is 2. The zero-order chi connectivity index (χ0) is 13.5. The third-order valence-corrected chi connectivity index (χ3v) is 2.98. The third-order valence-electron chi connectivity index (χ3n) is 2.48. The second kappa shape index (κ2) is 7.02. The molecule has 0 aliphatic carbocycles. The van der Waals surface area contributed by atoms with Crippen molar-refractivity contribution < 1.29 is 4.79 Å².